The molecule has 0 spiro atoms. The van der Waals surface area contributed by atoms with E-state index in [1.807, 2.05) is 49.4 Å². The Kier molecular flexibility index (Phi) is 6.53. The summed E-state index contributed by atoms with van der Waals surface area (Å²) in [5, 5.41) is 0. The zero-order valence-electron chi connectivity index (χ0n) is 17.9. The maximum absolute atomic E-state index is 13.2. The van der Waals surface area contributed by atoms with Gasteiger partial charge in [0.25, 0.3) is 5.91 Å². The molecule has 7 nitrogen and oxygen atoms in total. The van der Waals surface area contributed by atoms with Crippen molar-refractivity contribution < 1.29 is 13.2 Å². The molecule has 0 aliphatic carbocycles. The van der Waals surface area contributed by atoms with Gasteiger partial charge in [-0.15, -0.1) is 0 Å². The normalized spacial score (nSPS) is 14.4. The molecule has 3 aromatic rings. The van der Waals surface area contributed by atoms with Crippen molar-refractivity contribution in [2.24, 2.45) is 0 Å². The van der Waals surface area contributed by atoms with E-state index in [4.69, 9.17) is 0 Å². The monoisotopic (exact) mass is 450 g/mol. The van der Waals surface area contributed by atoms with Gasteiger partial charge in [-0.3, -0.25) is 9.78 Å². The highest BCUT2D eigenvalue weighted by molar-refractivity contribution is 7.89. The number of hydrogen-bond acceptors (Lipinski definition) is 5. The molecule has 1 aromatic heterocycles. The summed E-state index contributed by atoms with van der Waals surface area (Å²) >= 11 is 0. The molecular formula is C24H26N4O3S. The minimum atomic E-state index is -3.74. The molecule has 166 valence electrons. The van der Waals surface area contributed by atoms with Gasteiger partial charge in [-0.2, -0.15) is 0 Å². The fourth-order valence-electron chi connectivity index (χ4n) is 3.75. The number of benzene rings is 2. The molecule has 32 heavy (non-hydrogen) atoms. The lowest BCUT2D eigenvalue weighted by Gasteiger charge is -2.36. The average Bonchev–Trinajstić information content (AvgIpc) is 2.84. The third kappa shape index (κ3) is 4.98. The van der Waals surface area contributed by atoms with Gasteiger partial charge < -0.3 is 9.80 Å². The number of nitrogens with zero attached hydrogens (tertiary/aromatic N) is 3. The van der Waals surface area contributed by atoms with Crippen LogP contribution in [0.4, 0.5) is 5.69 Å². The molecule has 0 bridgehead atoms. The van der Waals surface area contributed by atoms with Crippen LogP contribution in [0, 0.1) is 6.92 Å². The first-order valence-electron chi connectivity index (χ1n) is 10.5. The smallest absolute Gasteiger partial charge is 0.254 e. The summed E-state index contributed by atoms with van der Waals surface area (Å²) in [6.45, 7) is 4.59. The number of pyridine rings is 1. The highest BCUT2D eigenvalue weighted by Gasteiger charge is 2.25. The first-order chi connectivity index (χ1) is 15.4. The molecule has 8 heteroatoms. The van der Waals surface area contributed by atoms with Gasteiger partial charge in [-0.05, 0) is 42.3 Å². The van der Waals surface area contributed by atoms with Gasteiger partial charge in [0.1, 0.15) is 0 Å². The molecular weight excluding hydrogens is 424 g/mol. The van der Waals surface area contributed by atoms with Crippen LogP contribution >= 0.6 is 0 Å². The second-order valence-electron chi connectivity index (χ2n) is 7.77. The van der Waals surface area contributed by atoms with Gasteiger partial charge in [-0.1, -0.05) is 36.4 Å². The number of aryl methyl sites for hydroxylation is 1. The molecule has 0 saturated carbocycles. The Morgan fingerprint density at radius 2 is 1.66 bits per heavy atom. The van der Waals surface area contributed by atoms with Gasteiger partial charge in [0.05, 0.1) is 4.90 Å². The number of carbonyl (C=O) groups is 1. The first kappa shape index (κ1) is 22.0. The summed E-state index contributed by atoms with van der Waals surface area (Å²) in [4.78, 5) is 21.3. The zero-order chi connectivity index (χ0) is 22.6. The number of carbonyl (C=O) groups excluding carboxylic acids is 1. The largest absolute Gasteiger partial charge is 0.368 e. The van der Waals surface area contributed by atoms with Crippen LogP contribution in [-0.4, -0.2) is 50.4 Å². The summed E-state index contributed by atoms with van der Waals surface area (Å²) in [5.41, 5.74) is 3.13. The second kappa shape index (κ2) is 9.50. The van der Waals surface area contributed by atoms with E-state index in [1.54, 1.807) is 29.4 Å². The highest BCUT2D eigenvalue weighted by atomic mass is 32.2. The van der Waals surface area contributed by atoms with Crippen molar-refractivity contribution in [2.75, 3.05) is 31.1 Å². The highest BCUT2D eigenvalue weighted by Crippen LogP contribution is 2.20. The predicted octanol–water partition coefficient (Wildman–Crippen LogP) is 2.83. The average molecular weight is 451 g/mol. The van der Waals surface area contributed by atoms with E-state index in [-0.39, 0.29) is 17.3 Å². The molecule has 1 N–H and O–H groups in total. The number of piperazine rings is 1. The van der Waals surface area contributed by atoms with E-state index in [0.29, 0.717) is 31.7 Å². The zero-order valence-corrected chi connectivity index (χ0v) is 18.8. The Morgan fingerprint density at radius 1 is 0.969 bits per heavy atom. The lowest BCUT2D eigenvalue weighted by molar-refractivity contribution is 0.0746. The van der Waals surface area contributed by atoms with Crippen LogP contribution in [0.3, 0.4) is 0 Å². The summed E-state index contributed by atoms with van der Waals surface area (Å²) in [5.74, 6) is -0.142. The fourth-order valence-corrected chi connectivity index (χ4v) is 4.79. The number of aromatic nitrogens is 1. The third-order valence-electron chi connectivity index (χ3n) is 5.65. The van der Waals surface area contributed by atoms with Crippen LogP contribution in [0.2, 0.25) is 0 Å². The molecule has 1 aliphatic rings. The molecule has 2 heterocycles. The van der Waals surface area contributed by atoms with Crippen LogP contribution < -0.4 is 9.62 Å². The fraction of sp³-hybridized carbons (Fsp3) is 0.250. The molecule has 1 saturated heterocycles. The maximum atomic E-state index is 13.2. The molecule has 2 aromatic carbocycles. The van der Waals surface area contributed by atoms with E-state index in [9.17, 15) is 13.2 Å². The van der Waals surface area contributed by atoms with Crippen LogP contribution in [-0.2, 0) is 16.6 Å². The van der Waals surface area contributed by atoms with Crippen molar-refractivity contribution in [2.45, 2.75) is 18.4 Å². The lowest BCUT2D eigenvalue weighted by Crippen LogP contribution is -2.49. The minimum Gasteiger partial charge on any atom is -0.368 e. The van der Waals surface area contributed by atoms with E-state index < -0.39 is 10.0 Å². The van der Waals surface area contributed by atoms with Crippen LogP contribution in [0.15, 0.2) is 78.0 Å². The number of nitrogens with one attached hydrogen (secondary N) is 1. The minimum absolute atomic E-state index is 0.0952. The van der Waals surface area contributed by atoms with E-state index >= 15 is 0 Å². The van der Waals surface area contributed by atoms with Gasteiger partial charge >= 0.3 is 0 Å². The Morgan fingerprint density at radius 3 is 2.34 bits per heavy atom. The van der Waals surface area contributed by atoms with Gasteiger partial charge in [-0.25, -0.2) is 13.1 Å². The van der Waals surface area contributed by atoms with Crippen molar-refractivity contribution in [3.8, 4) is 0 Å². The Balaban J connectivity index is 1.46. The number of hydrogen-bond donors (Lipinski definition) is 1. The maximum Gasteiger partial charge on any atom is 0.254 e. The molecule has 1 fully saturated rings. The number of rotatable bonds is 6. The van der Waals surface area contributed by atoms with Gasteiger partial charge in [0, 0.05) is 56.4 Å². The van der Waals surface area contributed by atoms with E-state index in [2.05, 4.69) is 14.6 Å². The van der Waals surface area contributed by atoms with Crippen molar-refractivity contribution in [1.29, 1.82) is 0 Å². The van der Waals surface area contributed by atoms with Crippen molar-refractivity contribution >= 4 is 21.6 Å². The molecule has 0 radical (unpaired) electrons. The van der Waals surface area contributed by atoms with Crippen molar-refractivity contribution in [1.82, 2.24) is 14.6 Å². The standard InChI is InChI=1S/C24H26N4O3S/c1-19-7-8-22(32(30,31)26-18-20-5-3-2-4-6-20)17-23(19)24(29)28-15-13-27(14-16-28)21-9-11-25-12-10-21/h2-12,17,26H,13-16,18H2,1H3. The molecule has 1 aliphatic heterocycles. The Bertz CT molecular complexity index is 1180. The number of amides is 1. The summed E-state index contributed by atoms with van der Waals surface area (Å²) in [6, 6.07) is 18.0. The SMILES string of the molecule is Cc1ccc(S(=O)(=O)NCc2ccccc2)cc1C(=O)N1CCN(c2ccncc2)CC1. The van der Waals surface area contributed by atoms with E-state index in [0.717, 1.165) is 16.8 Å². The van der Waals surface area contributed by atoms with Crippen LogP contribution in [0.5, 0.6) is 0 Å². The van der Waals surface area contributed by atoms with Gasteiger partial charge in [0.2, 0.25) is 10.0 Å². The molecule has 0 atom stereocenters. The van der Waals surface area contributed by atoms with Crippen molar-refractivity contribution in [3.05, 3.63) is 89.7 Å². The first-order valence-corrected chi connectivity index (χ1v) is 12.0. The number of sulfonamides is 1. The third-order valence-corrected chi connectivity index (χ3v) is 7.05. The Labute approximate surface area is 188 Å². The van der Waals surface area contributed by atoms with E-state index in [1.165, 1.54) is 6.07 Å². The number of anilines is 1. The summed E-state index contributed by atoms with van der Waals surface area (Å²) < 4.78 is 28.3. The van der Waals surface area contributed by atoms with Crippen molar-refractivity contribution in [3.63, 3.8) is 0 Å². The summed E-state index contributed by atoms with van der Waals surface area (Å²) in [6.07, 6.45) is 3.52. The van der Waals surface area contributed by atoms with Crippen LogP contribution in [0.25, 0.3) is 0 Å². The predicted molar refractivity (Wildman–Crippen MR) is 124 cm³/mol. The van der Waals surface area contributed by atoms with Crippen LogP contribution in [0.1, 0.15) is 21.5 Å². The molecule has 1 amide bonds. The molecule has 0 unspecified atom stereocenters. The topological polar surface area (TPSA) is 82.6 Å². The Hall–Kier alpha value is -3.23. The quantitative estimate of drug-likeness (QED) is 0.625. The second-order valence-corrected chi connectivity index (χ2v) is 9.54. The molecule has 4 rings (SSSR count). The van der Waals surface area contributed by atoms with Gasteiger partial charge in [0.15, 0.2) is 0 Å². The lowest BCUT2D eigenvalue weighted by atomic mass is 10.1. The summed E-state index contributed by atoms with van der Waals surface area (Å²) in [7, 11) is -3.74.